The average molecular weight is 316 g/mol. The Hall–Kier alpha value is -0.820. The third kappa shape index (κ3) is 5.95. The van der Waals surface area contributed by atoms with Crippen molar-refractivity contribution in [3.63, 3.8) is 0 Å². The number of hydrogen-bond acceptors (Lipinski definition) is 1. The maximum atomic E-state index is 2.79. The molecule has 2 rings (SSSR count). The van der Waals surface area contributed by atoms with E-state index in [9.17, 15) is 0 Å². The van der Waals surface area contributed by atoms with Crippen molar-refractivity contribution in [3.05, 3.63) is 35.9 Å². The Morgan fingerprint density at radius 3 is 2.43 bits per heavy atom. The van der Waals surface area contributed by atoms with Gasteiger partial charge in [-0.15, -0.1) is 0 Å². The summed E-state index contributed by atoms with van der Waals surface area (Å²) in [4.78, 5) is 2.79. The van der Waals surface area contributed by atoms with Gasteiger partial charge in [-0.3, -0.25) is 4.90 Å². The van der Waals surface area contributed by atoms with Crippen LogP contribution in [0.5, 0.6) is 0 Å². The van der Waals surface area contributed by atoms with E-state index in [-0.39, 0.29) is 0 Å². The van der Waals surface area contributed by atoms with Crippen LogP contribution in [0.1, 0.15) is 84.2 Å². The third-order valence-corrected chi connectivity index (χ3v) is 5.60. The highest BCUT2D eigenvalue weighted by Crippen LogP contribution is 2.32. The zero-order valence-corrected chi connectivity index (χ0v) is 15.8. The van der Waals surface area contributed by atoms with Gasteiger partial charge in [0.1, 0.15) is 0 Å². The Bertz CT molecular complexity index is 425. The van der Waals surface area contributed by atoms with Crippen molar-refractivity contribution in [3.8, 4) is 0 Å². The summed E-state index contributed by atoms with van der Waals surface area (Å²) in [5.74, 6) is 1.72. The number of piperidine rings is 1. The minimum atomic E-state index is 0.560. The van der Waals surface area contributed by atoms with Crippen molar-refractivity contribution < 1.29 is 0 Å². The second-order valence-corrected chi connectivity index (χ2v) is 8.14. The molecular weight excluding hydrogens is 278 g/mol. The Morgan fingerprint density at radius 2 is 1.74 bits per heavy atom. The van der Waals surface area contributed by atoms with Crippen molar-refractivity contribution >= 4 is 0 Å². The molecule has 0 amide bonds. The van der Waals surface area contributed by atoms with Crippen LogP contribution in [0, 0.1) is 11.8 Å². The number of nitrogens with zero attached hydrogens (tertiary/aromatic N) is 1. The molecule has 0 aromatic heterocycles. The molecule has 1 aromatic carbocycles. The van der Waals surface area contributed by atoms with E-state index in [0.717, 1.165) is 17.9 Å². The van der Waals surface area contributed by atoms with Gasteiger partial charge in [-0.25, -0.2) is 0 Å². The number of hydrogen-bond donors (Lipinski definition) is 0. The van der Waals surface area contributed by atoms with Gasteiger partial charge in [0.2, 0.25) is 0 Å². The lowest BCUT2D eigenvalue weighted by molar-refractivity contribution is 0.0852. The summed E-state index contributed by atoms with van der Waals surface area (Å²) < 4.78 is 0. The molecule has 3 atom stereocenters. The minimum Gasteiger partial charge on any atom is -0.294 e. The van der Waals surface area contributed by atoms with E-state index in [1.54, 1.807) is 0 Å². The molecule has 1 aromatic rings. The van der Waals surface area contributed by atoms with Crippen LogP contribution in [0.15, 0.2) is 30.3 Å². The van der Waals surface area contributed by atoms with Gasteiger partial charge >= 0.3 is 0 Å². The summed E-state index contributed by atoms with van der Waals surface area (Å²) >= 11 is 0. The van der Waals surface area contributed by atoms with Crippen LogP contribution in [0.2, 0.25) is 0 Å². The predicted molar refractivity (Wildman–Crippen MR) is 102 cm³/mol. The lowest BCUT2D eigenvalue weighted by Gasteiger charge is -2.41. The molecule has 0 aliphatic carbocycles. The quantitative estimate of drug-likeness (QED) is 0.532. The molecule has 0 spiro atoms. The third-order valence-electron chi connectivity index (χ3n) is 5.60. The minimum absolute atomic E-state index is 0.560. The first-order valence-electron chi connectivity index (χ1n) is 9.88. The zero-order valence-electron chi connectivity index (χ0n) is 15.8. The molecule has 0 N–H and O–H groups in total. The molecule has 0 radical (unpaired) electrons. The van der Waals surface area contributed by atoms with Crippen molar-refractivity contribution in [1.29, 1.82) is 0 Å². The molecule has 0 unspecified atom stereocenters. The standard InChI is InChI=1S/C22H37N/c1-18(2)11-10-12-19(3)17-22-15-8-9-16-23(22)20(4)21-13-6-5-7-14-21/h5-7,13-14,18-20,22H,8-12,15-17H2,1-4H3/t19-,20+,22-/m1/s1. The summed E-state index contributed by atoms with van der Waals surface area (Å²) in [5, 5.41) is 0. The van der Waals surface area contributed by atoms with Gasteiger partial charge in [-0.1, -0.05) is 76.8 Å². The van der Waals surface area contributed by atoms with Crippen LogP contribution in [0.4, 0.5) is 0 Å². The summed E-state index contributed by atoms with van der Waals surface area (Å²) in [5.41, 5.74) is 1.48. The first-order chi connectivity index (χ1) is 11.1. The van der Waals surface area contributed by atoms with Gasteiger partial charge in [-0.05, 0) is 50.1 Å². The highest BCUT2D eigenvalue weighted by atomic mass is 15.2. The molecule has 0 bridgehead atoms. The molecule has 130 valence electrons. The fourth-order valence-electron chi connectivity index (χ4n) is 4.17. The Labute approximate surface area is 144 Å². The van der Waals surface area contributed by atoms with Crippen LogP contribution in [-0.2, 0) is 0 Å². The predicted octanol–water partition coefficient (Wildman–Crippen LogP) is 6.45. The molecule has 1 heteroatoms. The van der Waals surface area contributed by atoms with E-state index in [1.807, 2.05) is 0 Å². The van der Waals surface area contributed by atoms with Crippen LogP contribution in [-0.4, -0.2) is 17.5 Å². The van der Waals surface area contributed by atoms with Crippen LogP contribution in [0.3, 0.4) is 0 Å². The molecule has 1 aliphatic rings. The molecule has 1 aliphatic heterocycles. The van der Waals surface area contributed by atoms with Crippen molar-refractivity contribution in [2.45, 2.75) is 84.7 Å². The molecule has 1 heterocycles. The maximum absolute atomic E-state index is 2.79. The molecular formula is C22H37N. The fourth-order valence-corrected chi connectivity index (χ4v) is 4.17. The van der Waals surface area contributed by atoms with E-state index in [0.29, 0.717) is 6.04 Å². The SMILES string of the molecule is CC(C)CCC[C@@H](C)C[C@H]1CCCCN1[C@@H](C)c1ccccc1. The second-order valence-electron chi connectivity index (χ2n) is 8.14. The number of rotatable bonds is 8. The van der Waals surface area contributed by atoms with Crippen molar-refractivity contribution in [2.75, 3.05) is 6.54 Å². The second kappa shape index (κ2) is 9.47. The topological polar surface area (TPSA) is 3.24 Å². The Balaban J connectivity index is 1.90. The molecule has 23 heavy (non-hydrogen) atoms. The maximum Gasteiger partial charge on any atom is 0.0322 e. The highest BCUT2D eigenvalue weighted by molar-refractivity contribution is 5.18. The van der Waals surface area contributed by atoms with E-state index < -0.39 is 0 Å². The first kappa shape index (κ1) is 18.5. The van der Waals surface area contributed by atoms with E-state index in [4.69, 9.17) is 0 Å². The number of likely N-dealkylation sites (tertiary alicyclic amines) is 1. The normalized spacial score (nSPS) is 22.2. The first-order valence-corrected chi connectivity index (χ1v) is 9.88. The smallest absolute Gasteiger partial charge is 0.0322 e. The van der Waals surface area contributed by atoms with Crippen LogP contribution < -0.4 is 0 Å². The van der Waals surface area contributed by atoms with Gasteiger partial charge in [-0.2, -0.15) is 0 Å². The molecule has 1 fully saturated rings. The van der Waals surface area contributed by atoms with E-state index in [2.05, 4.69) is 62.9 Å². The lowest BCUT2D eigenvalue weighted by atomic mass is 9.88. The number of benzene rings is 1. The summed E-state index contributed by atoms with van der Waals surface area (Å²) in [6.45, 7) is 10.8. The largest absolute Gasteiger partial charge is 0.294 e. The summed E-state index contributed by atoms with van der Waals surface area (Å²) in [6.07, 6.45) is 9.76. The van der Waals surface area contributed by atoms with E-state index in [1.165, 1.54) is 57.1 Å². The monoisotopic (exact) mass is 315 g/mol. The van der Waals surface area contributed by atoms with Crippen molar-refractivity contribution in [1.82, 2.24) is 4.90 Å². The molecule has 1 saturated heterocycles. The van der Waals surface area contributed by atoms with Gasteiger partial charge in [0.15, 0.2) is 0 Å². The van der Waals surface area contributed by atoms with Gasteiger partial charge < -0.3 is 0 Å². The Kier molecular flexibility index (Phi) is 7.62. The van der Waals surface area contributed by atoms with E-state index >= 15 is 0 Å². The lowest BCUT2D eigenvalue weighted by Crippen LogP contribution is -2.42. The summed E-state index contributed by atoms with van der Waals surface area (Å²) in [6, 6.07) is 12.4. The zero-order chi connectivity index (χ0) is 16.7. The van der Waals surface area contributed by atoms with Gasteiger partial charge in [0.05, 0.1) is 0 Å². The molecule has 1 nitrogen and oxygen atoms in total. The van der Waals surface area contributed by atoms with Gasteiger partial charge in [0.25, 0.3) is 0 Å². The molecule has 0 saturated carbocycles. The van der Waals surface area contributed by atoms with Crippen molar-refractivity contribution in [2.24, 2.45) is 11.8 Å². The Morgan fingerprint density at radius 1 is 1.00 bits per heavy atom. The fraction of sp³-hybridized carbons (Fsp3) is 0.727. The summed E-state index contributed by atoms with van der Waals surface area (Å²) in [7, 11) is 0. The highest BCUT2D eigenvalue weighted by Gasteiger charge is 2.28. The van der Waals surface area contributed by atoms with Crippen LogP contribution >= 0.6 is 0 Å². The van der Waals surface area contributed by atoms with Gasteiger partial charge in [0, 0.05) is 12.1 Å². The van der Waals surface area contributed by atoms with Crippen LogP contribution in [0.25, 0.3) is 0 Å². The average Bonchev–Trinajstić information content (AvgIpc) is 2.55.